The highest BCUT2D eigenvalue weighted by molar-refractivity contribution is 6.01. The summed E-state index contributed by atoms with van der Waals surface area (Å²) in [4.78, 5) is 12.3. The first-order chi connectivity index (χ1) is 13.9. The molecule has 0 aliphatic heterocycles. The van der Waals surface area contributed by atoms with Gasteiger partial charge in [0.2, 0.25) is 5.91 Å². The zero-order valence-corrected chi connectivity index (χ0v) is 15.7. The third-order valence-corrected chi connectivity index (χ3v) is 4.19. The van der Waals surface area contributed by atoms with E-state index in [0.717, 1.165) is 18.2 Å². The smallest absolute Gasteiger partial charge is 0.249 e. The van der Waals surface area contributed by atoms with E-state index in [0.29, 0.717) is 16.9 Å². The van der Waals surface area contributed by atoms with Crippen molar-refractivity contribution >= 4 is 17.8 Å². The van der Waals surface area contributed by atoms with Crippen molar-refractivity contribution in [3.05, 3.63) is 82.8 Å². The zero-order chi connectivity index (χ0) is 21.0. The average molecular weight is 401 g/mol. The molecule has 0 fully saturated rings. The summed E-state index contributed by atoms with van der Waals surface area (Å²) in [5.74, 6) is -1.70. The molecule has 0 aliphatic carbocycles. The molecule has 3 rings (SSSR count). The van der Waals surface area contributed by atoms with Crippen LogP contribution >= 0.6 is 0 Å². The number of carbonyl (C=O) groups is 1. The van der Waals surface area contributed by atoms with E-state index in [4.69, 9.17) is 4.74 Å². The molecular weight excluding hydrogens is 383 g/mol. The van der Waals surface area contributed by atoms with E-state index in [1.165, 1.54) is 42.3 Å². The number of benzene rings is 2. The Morgan fingerprint density at radius 2 is 1.97 bits per heavy atom. The Bertz CT molecular complexity index is 1080. The summed E-state index contributed by atoms with van der Waals surface area (Å²) in [5, 5.41) is 6.77. The molecule has 5 nitrogen and oxygen atoms in total. The number of halogens is 3. The van der Waals surface area contributed by atoms with Crippen molar-refractivity contribution in [1.82, 2.24) is 9.78 Å². The van der Waals surface area contributed by atoms with Gasteiger partial charge in [-0.3, -0.25) is 4.79 Å². The number of nitrogens with one attached hydrogen (secondary N) is 1. The molecule has 0 bridgehead atoms. The Balaban J connectivity index is 1.75. The maximum Gasteiger partial charge on any atom is 0.249 e. The number of ether oxygens (including phenoxy) is 1. The number of hydrogen-bond acceptors (Lipinski definition) is 3. The van der Waals surface area contributed by atoms with Crippen molar-refractivity contribution in [3.63, 3.8) is 0 Å². The quantitative estimate of drug-likeness (QED) is 0.626. The van der Waals surface area contributed by atoms with Crippen LogP contribution in [0.3, 0.4) is 0 Å². The van der Waals surface area contributed by atoms with Crippen LogP contribution in [0.15, 0.2) is 48.7 Å². The van der Waals surface area contributed by atoms with Crippen LogP contribution in [-0.4, -0.2) is 22.8 Å². The van der Waals surface area contributed by atoms with Gasteiger partial charge in [-0.15, -0.1) is 0 Å². The molecule has 0 unspecified atom stereocenters. The molecule has 1 aromatic heterocycles. The van der Waals surface area contributed by atoms with Crippen LogP contribution < -0.4 is 10.1 Å². The van der Waals surface area contributed by atoms with Crippen molar-refractivity contribution in [2.45, 2.75) is 13.5 Å². The molecule has 0 saturated carbocycles. The largest absolute Gasteiger partial charge is 0.494 e. The Morgan fingerprint density at radius 1 is 1.17 bits per heavy atom. The van der Waals surface area contributed by atoms with Gasteiger partial charge in [-0.1, -0.05) is 6.07 Å². The summed E-state index contributed by atoms with van der Waals surface area (Å²) in [6.07, 6.45) is 4.19. The van der Waals surface area contributed by atoms with Crippen LogP contribution in [0.4, 0.5) is 19.0 Å². The molecule has 0 saturated heterocycles. The highest BCUT2D eigenvalue weighted by Gasteiger charge is 2.13. The van der Waals surface area contributed by atoms with E-state index in [1.54, 1.807) is 13.0 Å². The average Bonchev–Trinajstić information content (AvgIpc) is 3.02. The minimum atomic E-state index is -0.571. The predicted octanol–water partition coefficient (Wildman–Crippen LogP) is 4.32. The number of methoxy groups -OCH3 is 1. The molecular formula is C21H18F3N3O2. The van der Waals surface area contributed by atoms with Crippen molar-refractivity contribution in [3.8, 4) is 5.75 Å². The molecule has 8 heteroatoms. The highest BCUT2D eigenvalue weighted by Crippen LogP contribution is 2.20. The second-order valence-corrected chi connectivity index (χ2v) is 6.29. The summed E-state index contributed by atoms with van der Waals surface area (Å²) in [5.41, 5.74) is 1.23. The van der Waals surface area contributed by atoms with Gasteiger partial charge in [0, 0.05) is 17.2 Å². The number of aromatic nitrogens is 2. The van der Waals surface area contributed by atoms with Gasteiger partial charge < -0.3 is 10.1 Å². The highest BCUT2D eigenvalue weighted by atomic mass is 19.1. The fourth-order valence-corrected chi connectivity index (χ4v) is 2.70. The van der Waals surface area contributed by atoms with Crippen LogP contribution in [0, 0.1) is 24.4 Å². The van der Waals surface area contributed by atoms with E-state index in [1.807, 2.05) is 0 Å². The molecule has 150 valence electrons. The van der Waals surface area contributed by atoms with E-state index < -0.39 is 23.4 Å². The summed E-state index contributed by atoms with van der Waals surface area (Å²) >= 11 is 0. The Morgan fingerprint density at radius 3 is 2.69 bits per heavy atom. The van der Waals surface area contributed by atoms with Gasteiger partial charge in [0.05, 0.1) is 19.9 Å². The molecule has 1 amide bonds. The first kappa shape index (κ1) is 20.2. The van der Waals surface area contributed by atoms with Crippen LogP contribution in [-0.2, 0) is 11.3 Å². The number of hydrogen-bond donors (Lipinski definition) is 1. The number of aryl methyl sites for hydroxylation is 1. The van der Waals surface area contributed by atoms with Gasteiger partial charge in [0.25, 0.3) is 0 Å². The first-order valence-corrected chi connectivity index (χ1v) is 8.66. The first-order valence-electron chi connectivity index (χ1n) is 8.66. The summed E-state index contributed by atoms with van der Waals surface area (Å²) in [6.45, 7) is 1.67. The van der Waals surface area contributed by atoms with Crippen LogP contribution in [0.5, 0.6) is 5.75 Å². The molecule has 3 aromatic rings. The molecule has 1 N–H and O–H groups in total. The molecule has 0 atom stereocenters. The van der Waals surface area contributed by atoms with E-state index in [2.05, 4.69) is 10.4 Å². The van der Waals surface area contributed by atoms with Crippen LogP contribution in [0.25, 0.3) is 6.08 Å². The van der Waals surface area contributed by atoms with Gasteiger partial charge in [0.1, 0.15) is 17.5 Å². The third-order valence-electron chi connectivity index (χ3n) is 4.19. The van der Waals surface area contributed by atoms with Crippen LogP contribution in [0.2, 0.25) is 0 Å². The monoisotopic (exact) mass is 401 g/mol. The topological polar surface area (TPSA) is 56.1 Å². The molecule has 29 heavy (non-hydrogen) atoms. The Hall–Kier alpha value is -3.55. The fourth-order valence-electron chi connectivity index (χ4n) is 2.70. The lowest BCUT2D eigenvalue weighted by molar-refractivity contribution is -0.111. The zero-order valence-electron chi connectivity index (χ0n) is 15.7. The molecule has 0 spiro atoms. The van der Waals surface area contributed by atoms with E-state index in [9.17, 15) is 18.0 Å². The lowest BCUT2D eigenvalue weighted by Gasteiger charge is -2.10. The van der Waals surface area contributed by atoms with Gasteiger partial charge in [0.15, 0.2) is 11.6 Å². The third kappa shape index (κ3) is 4.84. The van der Waals surface area contributed by atoms with E-state index >= 15 is 0 Å². The Labute approximate surface area is 165 Å². The minimum absolute atomic E-state index is 0.0551. The summed E-state index contributed by atoms with van der Waals surface area (Å²) in [7, 11) is 1.36. The maximum atomic E-state index is 13.9. The van der Waals surface area contributed by atoms with Crippen molar-refractivity contribution in [2.75, 3.05) is 12.4 Å². The van der Waals surface area contributed by atoms with Gasteiger partial charge in [-0.05, 0) is 48.9 Å². The minimum Gasteiger partial charge on any atom is -0.494 e. The van der Waals surface area contributed by atoms with Crippen molar-refractivity contribution < 1.29 is 22.7 Å². The normalized spacial score (nSPS) is 11.1. The Kier molecular flexibility index (Phi) is 6.01. The number of rotatable bonds is 6. The lowest BCUT2D eigenvalue weighted by atomic mass is 10.2. The van der Waals surface area contributed by atoms with E-state index in [-0.39, 0.29) is 17.9 Å². The standard InChI is InChI=1S/C21H18F3N3O2/c1-13-11-25-27(12-15-10-16(22)5-6-17(15)23)21(13)26-20(28)8-4-14-3-7-19(29-2)18(24)9-14/h3-11H,12H2,1-2H3,(H,26,28)/b8-4+. The molecule has 0 radical (unpaired) electrons. The maximum absolute atomic E-state index is 13.9. The van der Waals surface area contributed by atoms with Gasteiger partial charge >= 0.3 is 0 Å². The van der Waals surface area contributed by atoms with Crippen molar-refractivity contribution in [2.24, 2.45) is 0 Å². The van der Waals surface area contributed by atoms with Gasteiger partial charge in [-0.2, -0.15) is 5.10 Å². The number of amides is 1. The second kappa shape index (κ2) is 8.64. The number of anilines is 1. The molecule has 0 aliphatic rings. The van der Waals surface area contributed by atoms with Gasteiger partial charge in [-0.25, -0.2) is 17.9 Å². The predicted molar refractivity (Wildman–Crippen MR) is 103 cm³/mol. The number of nitrogens with zero attached hydrogens (tertiary/aromatic N) is 2. The summed E-state index contributed by atoms with van der Waals surface area (Å²) in [6, 6.07) is 7.45. The fraction of sp³-hybridized carbons (Fsp3) is 0.143. The molecule has 2 aromatic carbocycles. The lowest BCUT2D eigenvalue weighted by Crippen LogP contribution is -2.15. The second-order valence-electron chi connectivity index (χ2n) is 6.29. The summed E-state index contributed by atoms with van der Waals surface area (Å²) < 4.78 is 47.2. The SMILES string of the molecule is COc1ccc(/C=C/C(=O)Nc2c(C)cnn2Cc2cc(F)ccc2F)cc1F. The van der Waals surface area contributed by atoms with Crippen molar-refractivity contribution in [1.29, 1.82) is 0 Å². The number of carbonyl (C=O) groups excluding carboxylic acids is 1. The molecule has 1 heterocycles. The van der Waals surface area contributed by atoms with Crippen LogP contribution in [0.1, 0.15) is 16.7 Å².